The molecule has 0 aromatic heterocycles. The van der Waals surface area contributed by atoms with Crippen molar-refractivity contribution in [2.45, 2.75) is 73.7 Å². The Bertz CT molecular complexity index is 696. The average Bonchev–Trinajstić information content (AvgIpc) is 2.78. The van der Waals surface area contributed by atoms with Crippen LogP contribution in [0.25, 0.3) is 0 Å². The zero-order chi connectivity index (χ0) is 25.6. The molecule has 2 aliphatic heterocycles. The van der Waals surface area contributed by atoms with Crippen LogP contribution in [0.4, 0.5) is 0 Å². The summed E-state index contributed by atoms with van der Waals surface area (Å²) in [5.41, 5.74) is 10.4. The maximum Gasteiger partial charge on any atom is 0.320 e. The number of guanidine groups is 1. The monoisotopic (exact) mass is 498 g/mol. The summed E-state index contributed by atoms with van der Waals surface area (Å²) in [6.45, 7) is -1.68. The molecule has 2 saturated heterocycles. The van der Waals surface area contributed by atoms with Gasteiger partial charge >= 0.3 is 5.97 Å². The first-order chi connectivity index (χ1) is 15.9. The van der Waals surface area contributed by atoms with E-state index in [1.165, 1.54) is 0 Å². The summed E-state index contributed by atoms with van der Waals surface area (Å²) in [5, 5.41) is 82.7. The molecule has 0 aliphatic carbocycles. The predicted molar refractivity (Wildman–Crippen MR) is 111 cm³/mol. The second-order valence-electron chi connectivity index (χ2n) is 8.19. The molecule has 2 fully saturated rings. The number of aliphatic hydroxyl groups excluding tert-OH is 6. The van der Waals surface area contributed by atoms with Crippen molar-refractivity contribution in [1.82, 2.24) is 5.32 Å². The van der Waals surface area contributed by atoms with E-state index in [1.54, 1.807) is 0 Å². The highest BCUT2D eigenvalue weighted by atomic mass is 16.7. The fraction of sp³-hybridized carbons (Fsp3) is 0.889. The highest BCUT2D eigenvalue weighted by Crippen LogP contribution is 2.30. The Balaban J connectivity index is 2.03. The number of nitrogens with zero attached hydrogens (tertiary/aromatic N) is 1. The molecule has 0 saturated carbocycles. The highest BCUT2D eigenvalue weighted by molar-refractivity contribution is 5.75. The van der Waals surface area contributed by atoms with Crippen LogP contribution in [0.1, 0.15) is 12.8 Å². The van der Waals surface area contributed by atoms with Gasteiger partial charge in [0.05, 0.1) is 19.8 Å². The molecule has 0 bridgehead atoms. The van der Waals surface area contributed by atoms with E-state index in [1.807, 2.05) is 0 Å². The number of aliphatic imine (C=N–C) groups is 1. The van der Waals surface area contributed by atoms with Crippen molar-refractivity contribution in [3.8, 4) is 0 Å². The van der Waals surface area contributed by atoms with Gasteiger partial charge in [-0.25, -0.2) is 0 Å². The maximum atomic E-state index is 11.5. The van der Waals surface area contributed by atoms with Crippen molar-refractivity contribution < 1.29 is 59.9 Å². The van der Waals surface area contributed by atoms with Crippen LogP contribution < -0.4 is 16.8 Å². The second-order valence-corrected chi connectivity index (χ2v) is 8.19. The number of carboxylic acids is 1. The third-order valence-electron chi connectivity index (χ3n) is 5.64. The lowest BCUT2D eigenvalue weighted by Gasteiger charge is -2.47. The zero-order valence-electron chi connectivity index (χ0n) is 18.3. The number of ether oxygens (including phenoxy) is 3. The van der Waals surface area contributed by atoms with Gasteiger partial charge in [-0.2, -0.15) is 0 Å². The molecule has 198 valence electrons. The topological polar surface area (TPSA) is 283 Å². The molecule has 2 heterocycles. The van der Waals surface area contributed by atoms with Gasteiger partial charge in [0.25, 0.3) is 0 Å². The van der Waals surface area contributed by atoms with E-state index in [0.717, 1.165) is 0 Å². The maximum absolute atomic E-state index is 11.5. The molecule has 34 heavy (non-hydrogen) atoms. The fourth-order valence-electron chi connectivity index (χ4n) is 3.62. The van der Waals surface area contributed by atoms with Gasteiger partial charge in [-0.05, 0) is 12.8 Å². The van der Waals surface area contributed by atoms with Crippen molar-refractivity contribution in [2.75, 3.05) is 26.3 Å². The van der Waals surface area contributed by atoms with Crippen molar-refractivity contribution in [3.63, 3.8) is 0 Å². The van der Waals surface area contributed by atoms with Gasteiger partial charge in [0.1, 0.15) is 48.8 Å². The minimum absolute atomic E-state index is 0.0751. The van der Waals surface area contributed by atoms with Crippen LogP contribution in [0.5, 0.6) is 0 Å². The van der Waals surface area contributed by atoms with Crippen LogP contribution >= 0.6 is 0 Å². The number of carboxylic acid groups (broad SMARTS) is 1. The number of aliphatic hydroxyl groups is 7. The van der Waals surface area contributed by atoms with Crippen molar-refractivity contribution >= 4 is 11.9 Å². The van der Waals surface area contributed by atoms with E-state index in [-0.39, 0.29) is 18.9 Å². The van der Waals surface area contributed by atoms with E-state index < -0.39 is 86.6 Å². The molecular weight excluding hydrogens is 464 g/mol. The minimum atomic E-state index is -2.41. The largest absolute Gasteiger partial charge is 0.480 e. The van der Waals surface area contributed by atoms with Crippen LogP contribution in [0, 0.1) is 0 Å². The number of rotatable bonds is 11. The number of aliphatic carboxylic acids is 1. The van der Waals surface area contributed by atoms with Gasteiger partial charge in [0, 0.05) is 6.54 Å². The third-order valence-corrected chi connectivity index (χ3v) is 5.64. The summed E-state index contributed by atoms with van der Waals surface area (Å²) >= 11 is 0. The molecule has 0 aromatic rings. The van der Waals surface area contributed by atoms with Gasteiger partial charge in [-0.15, -0.1) is 0 Å². The van der Waals surface area contributed by atoms with E-state index in [2.05, 4.69) is 10.3 Å². The van der Waals surface area contributed by atoms with Crippen LogP contribution in [0.2, 0.25) is 0 Å². The molecule has 10 atom stereocenters. The minimum Gasteiger partial charge on any atom is -0.480 e. The predicted octanol–water partition coefficient (Wildman–Crippen LogP) is -6.29. The summed E-state index contributed by atoms with van der Waals surface area (Å²) in [4.78, 5) is 15.3. The van der Waals surface area contributed by atoms with Gasteiger partial charge < -0.3 is 66.5 Å². The number of nitrogens with two attached hydrogens (primary N) is 2. The first kappa shape index (κ1) is 28.5. The molecule has 16 nitrogen and oxygen atoms in total. The van der Waals surface area contributed by atoms with Gasteiger partial charge in [0.15, 0.2) is 12.2 Å². The number of hydrogen-bond acceptors (Lipinski definition) is 13. The Kier molecular flexibility index (Phi) is 10.3. The molecule has 2 aliphatic rings. The summed E-state index contributed by atoms with van der Waals surface area (Å²) in [5.74, 6) is -3.80. The Morgan fingerprint density at radius 1 is 1.18 bits per heavy atom. The summed E-state index contributed by atoms with van der Waals surface area (Å²) in [7, 11) is 0. The van der Waals surface area contributed by atoms with E-state index in [9.17, 15) is 45.6 Å². The van der Waals surface area contributed by atoms with Crippen LogP contribution in [0.3, 0.4) is 0 Å². The zero-order valence-corrected chi connectivity index (χ0v) is 18.3. The number of carbonyl (C=O) groups is 1. The summed E-state index contributed by atoms with van der Waals surface area (Å²) in [6.07, 6.45) is -12.9. The van der Waals surface area contributed by atoms with Crippen molar-refractivity contribution in [2.24, 2.45) is 16.5 Å². The average molecular weight is 498 g/mol. The fourth-order valence-corrected chi connectivity index (χ4v) is 3.62. The normalized spacial score (nSPS) is 39.4. The molecule has 13 N–H and O–H groups in total. The number of nitrogens with one attached hydrogen (secondary N) is 1. The van der Waals surface area contributed by atoms with Crippen molar-refractivity contribution in [3.05, 3.63) is 0 Å². The molecule has 0 amide bonds. The van der Waals surface area contributed by atoms with E-state index in [0.29, 0.717) is 6.42 Å². The Labute approximate surface area is 194 Å². The number of hydrogen-bond donors (Lipinski definition) is 11. The molecule has 0 unspecified atom stereocenters. The Morgan fingerprint density at radius 3 is 2.44 bits per heavy atom. The molecule has 16 heteroatoms. The smallest absolute Gasteiger partial charge is 0.320 e. The lowest BCUT2D eigenvalue weighted by molar-refractivity contribution is -0.367. The summed E-state index contributed by atoms with van der Waals surface area (Å²) < 4.78 is 15.7. The van der Waals surface area contributed by atoms with E-state index in [4.69, 9.17) is 25.7 Å². The lowest BCUT2D eigenvalue weighted by Crippen LogP contribution is -2.68. The Hall–Kier alpha value is -1.70. The van der Waals surface area contributed by atoms with Crippen LogP contribution in [0.15, 0.2) is 4.99 Å². The first-order valence-corrected chi connectivity index (χ1v) is 10.6. The lowest BCUT2D eigenvalue weighted by atomic mass is 9.95. The highest BCUT2D eigenvalue weighted by Gasteiger charge is 2.53. The molecule has 0 spiro atoms. The SMILES string of the molecule is NC(N)=NCCC[C@H](NC[C@@]1(O)OC[C@@H](O)[C@@H](O[C@H]2O[C@H](CO)[C@@H](O)[C@H](O)[C@H]2O)[C@@H]1O)C(=O)O. The second kappa shape index (κ2) is 12.3. The third kappa shape index (κ3) is 6.92. The molecular formula is C18H34N4O12. The van der Waals surface area contributed by atoms with Crippen LogP contribution in [-0.2, 0) is 19.0 Å². The molecule has 2 rings (SSSR count). The quantitative estimate of drug-likeness (QED) is 0.0717. The first-order valence-electron chi connectivity index (χ1n) is 10.6. The summed E-state index contributed by atoms with van der Waals surface area (Å²) in [6, 6.07) is -1.16. The Morgan fingerprint density at radius 2 is 1.85 bits per heavy atom. The van der Waals surface area contributed by atoms with Gasteiger partial charge in [-0.1, -0.05) is 0 Å². The molecule has 0 radical (unpaired) electrons. The van der Waals surface area contributed by atoms with Crippen molar-refractivity contribution in [1.29, 1.82) is 0 Å². The standard InChI is InChI=1S/C18H34N4O12/c19-17(20)21-3-1-2-7(15(29)30)22-6-18(31)14(28)13(8(24)5-32-18)34-16-12(27)11(26)10(25)9(4-23)33-16/h7-14,16,22-28,31H,1-6H2,(H,29,30)(H4,19,20,21)/t7-,8+,9+,10+,11-,12+,13+,14-,16+,18+/m0/s1. The van der Waals surface area contributed by atoms with Gasteiger partial charge in [0.2, 0.25) is 5.79 Å². The van der Waals surface area contributed by atoms with Crippen LogP contribution in [-0.4, -0.2) is 140 Å². The molecule has 0 aromatic carbocycles. The van der Waals surface area contributed by atoms with Gasteiger partial charge in [-0.3, -0.25) is 15.1 Å². The van der Waals surface area contributed by atoms with E-state index >= 15 is 0 Å².